The molecule has 2 aromatic rings. The SMILES string of the molecule is COc1ccc2c(NC(CC(C)C)C(=O)O)ncnc2c1F. The molecular weight excluding hydrogens is 289 g/mol. The zero-order valence-corrected chi connectivity index (χ0v) is 12.6. The minimum absolute atomic E-state index is 0.0779. The predicted octanol–water partition coefficient (Wildman–Crippen LogP) is 2.69. The molecule has 1 unspecified atom stereocenters. The van der Waals surface area contributed by atoms with Gasteiger partial charge < -0.3 is 15.2 Å². The van der Waals surface area contributed by atoms with Crippen LogP contribution in [-0.2, 0) is 4.79 Å². The lowest BCUT2D eigenvalue weighted by Crippen LogP contribution is -2.31. The number of hydrogen-bond donors (Lipinski definition) is 2. The van der Waals surface area contributed by atoms with Gasteiger partial charge in [-0.05, 0) is 24.5 Å². The fourth-order valence-electron chi connectivity index (χ4n) is 2.21. The van der Waals surface area contributed by atoms with Gasteiger partial charge in [0.15, 0.2) is 11.6 Å². The third-order valence-corrected chi connectivity index (χ3v) is 3.25. The number of anilines is 1. The Balaban J connectivity index is 2.43. The number of carboxylic acid groups (broad SMARTS) is 1. The monoisotopic (exact) mass is 307 g/mol. The summed E-state index contributed by atoms with van der Waals surface area (Å²) in [4.78, 5) is 19.3. The van der Waals surface area contributed by atoms with Crippen molar-refractivity contribution < 1.29 is 19.0 Å². The Morgan fingerprint density at radius 1 is 1.41 bits per heavy atom. The molecule has 2 rings (SSSR count). The first-order valence-electron chi connectivity index (χ1n) is 6.90. The quantitative estimate of drug-likeness (QED) is 0.853. The number of ether oxygens (including phenoxy) is 1. The minimum Gasteiger partial charge on any atom is -0.494 e. The van der Waals surface area contributed by atoms with Gasteiger partial charge in [0.2, 0.25) is 0 Å². The average Bonchev–Trinajstić information content (AvgIpc) is 2.47. The molecule has 0 radical (unpaired) electrons. The third-order valence-electron chi connectivity index (χ3n) is 3.25. The van der Waals surface area contributed by atoms with E-state index in [2.05, 4.69) is 15.3 Å². The van der Waals surface area contributed by atoms with Gasteiger partial charge in [-0.25, -0.2) is 19.2 Å². The van der Waals surface area contributed by atoms with Gasteiger partial charge in [0.25, 0.3) is 0 Å². The van der Waals surface area contributed by atoms with E-state index in [1.807, 2.05) is 13.8 Å². The number of benzene rings is 1. The van der Waals surface area contributed by atoms with E-state index in [0.717, 1.165) is 0 Å². The zero-order chi connectivity index (χ0) is 16.3. The summed E-state index contributed by atoms with van der Waals surface area (Å²) in [6.07, 6.45) is 1.63. The van der Waals surface area contributed by atoms with E-state index in [1.54, 1.807) is 6.07 Å². The molecule has 0 amide bonds. The van der Waals surface area contributed by atoms with Crippen LogP contribution in [0.25, 0.3) is 10.9 Å². The van der Waals surface area contributed by atoms with Gasteiger partial charge in [-0.3, -0.25) is 0 Å². The van der Waals surface area contributed by atoms with Crippen LogP contribution in [0.5, 0.6) is 5.75 Å². The maximum atomic E-state index is 14.2. The Morgan fingerprint density at radius 3 is 2.73 bits per heavy atom. The van der Waals surface area contributed by atoms with Crippen LogP contribution in [0.4, 0.5) is 10.2 Å². The van der Waals surface area contributed by atoms with E-state index in [9.17, 15) is 14.3 Å². The molecule has 118 valence electrons. The molecule has 0 saturated carbocycles. The highest BCUT2D eigenvalue weighted by Crippen LogP contribution is 2.28. The first-order chi connectivity index (χ1) is 10.4. The highest BCUT2D eigenvalue weighted by molar-refractivity contribution is 5.91. The van der Waals surface area contributed by atoms with Crippen molar-refractivity contribution in [3.8, 4) is 5.75 Å². The molecule has 2 N–H and O–H groups in total. The smallest absolute Gasteiger partial charge is 0.326 e. The number of nitrogens with zero attached hydrogens (tertiary/aromatic N) is 2. The summed E-state index contributed by atoms with van der Waals surface area (Å²) in [6, 6.07) is 2.27. The molecule has 1 aromatic carbocycles. The molecule has 0 aliphatic rings. The topological polar surface area (TPSA) is 84.3 Å². The molecule has 1 heterocycles. The zero-order valence-electron chi connectivity index (χ0n) is 12.6. The number of carbonyl (C=O) groups is 1. The van der Waals surface area contributed by atoms with Crippen LogP contribution in [0.1, 0.15) is 20.3 Å². The first-order valence-corrected chi connectivity index (χ1v) is 6.90. The summed E-state index contributed by atoms with van der Waals surface area (Å²) in [6.45, 7) is 3.86. The third kappa shape index (κ3) is 3.24. The lowest BCUT2D eigenvalue weighted by molar-refractivity contribution is -0.138. The van der Waals surface area contributed by atoms with E-state index >= 15 is 0 Å². The number of methoxy groups -OCH3 is 1. The molecule has 7 heteroatoms. The summed E-state index contributed by atoms with van der Waals surface area (Å²) < 4.78 is 19.1. The maximum Gasteiger partial charge on any atom is 0.326 e. The second-order valence-corrected chi connectivity index (χ2v) is 5.36. The number of rotatable bonds is 6. The van der Waals surface area contributed by atoms with Crippen LogP contribution in [0.2, 0.25) is 0 Å². The maximum absolute atomic E-state index is 14.2. The molecule has 0 saturated heterocycles. The number of aromatic nitrogens is 2. The highest BCUT2D eigenvalue weighted by Gasteiger charge is 2.21. The van der Waals surface area contributed by atoms with Crippen LogP contribution in [-0.4, -0.2) is 34.2 Å². The summed E-state index contributed by atoms with van der Waals surface area (Å²) >= 11 is 0. The lowest BCUT2D eigenvalue weighted by Gasteiger charge is -2.18. The van der Waals surface area contributed by atoms with Crippen LogP contribution in [0.3, 0.4) is 0 Å². The minimum atomic E-state index is -0.977. The van der Waals surface area contributed by atoms with E-state index in [-0.39, 0.29) is 17.2 Å². The fourth-order valence-corrected chi connectivity index (χ4v) is 2.21. The van der Waals surface area contributed by atoms with Gasteiger partial charge >= 0.3 is 5.97 Å². The molecule has 1 atom stereocenters. The van der Waals surface area contributed by atoms with Crippen molar-refractivity contribution in [1.29, 1.82) is 0 Å². The van der Waals surface area contributed by atoms with Crippen molar-refractivity contribution in [3.63, 3.8) is 0 Å². The summed E-state index contributed by atoms with van der Waals surface area (Å²) in [5.74, 6) is -1.01. The summed E-state index contributed by atoms with van der Waals surface area (Å²) in [7, 11) is 1.37. The Kier molecular flexibility index (Phi) is 4.75. The Morgan fingerprint density at radius 2 is 2.14 bits per heavy atom. The van der Waals surface area contributed by atoms with Crippen LogP contribution in [0.15, 0.2) is 18.5 Å². The second kappa shape index (κ2) is 6.55. The number of nitrogens with one attached hydrogen (secondary N) is 1. The van der Waals surface area contributed by atoms with Crippen molar-refractivity contribution in [1.82, 2.24) is 9.97 Å². The Hall–Kier alpha value is -2.44. The van der Waals surface area contributed by atoms with E-state index in [0.29, 0.717) is 17.6 Å². The Labute approximate surface area is 127 Å². The van der Waals surface area contributed by atoms with Gasteiger partial charge in [-0.1, -0.05) is 13.8 Å². The van der Waals surface area contributed by atoms with Gasteiger partial charge in [0.05, 0.1) is 7.11 Å². The first kappa shape index (κ1) is 15.9. The standard InChI is InChI=1S/C15H18FN3O3/c1-8(2)6-10(15(20)21)19-14-9-4-5-11(22-3)12(16)13(9)17-7-18-14/h4-5,7-8,10H,6H2,1-3H3,(H,20,21)(H,17,18,19). The summed E-state index contributed by atoms with van der Waals surface area (Å²) in [5, 5.41) is 12.6. The molecule has 0 spiro atoms. The van der Waals surface area contributed by atoms with Crippen molar-refractivity contribution in [2.75, 3.05) is 12.4 Å². The predicted molar refractivity (Wildman–Crippen MR) is 80.5 cm³/mol. The van der Waals surface area contributed by atoms with Crippen LogP contribution < -0.4 is 10.1 Å². The van der Waals surface area contributed by atoms with Crippen molar-refractivity contribution in [2.24, 2.45) is 5.92 Å². The molecular formula is C15H18FN3O3. The largest absolute Gasteiger partial charge is 0.494 e. The van der Waals surface area contributed by atoms with E-state index in [1.165, 1.54) is 19.5 Å². The Bertz CT molecular complexity index is 691. The average molecular weight is 307 g/mol. The normalized spacial score (nSPS) is 12.4. The molecule has 22 heavy (non-hydrogen) atoms. The number of carboxylic acids is 1. The fraction of sp³-hybridized carbons (Fsp3) is 0.400. The van der Waals surface area contributed by atoms with E-state index < -0.39 is 17.8 Å². The second-order valence-electron chi connectivity index (χ2n) is 5.36. The number of aliphatic carboxylic acids is 1. The van der Waals surface area contributed by atoms with Crippen molar-refractivity contribution >= 4 is 22.7 Å². The van der Waals surface area contributed by atoms with Gasteiger partial charge in [-0.2, -0.15) is 0 Å². The number of hydrogen-bond acceptors (Lipinski definition) is 5. The van der Waals surface area contributed by atoms with Gasteiger partial charge in [-0.15, -0.1) is 0 Å². The van der Waals surface area contributed by atoms with Crippen molar-refractivity contribution in [3.05, 3.63) is 24.3 Å². The highest BCUT2D eigenvalue weighted by atomic mass is 19.1. The molecule has 0 aliphatic carbocycles. The van der Waals surface area contributed by atoms with Gasteiger partial charge in [0.1, 0.15) is 23.7 Å². The van der Waals surface area contributed by atoms with Crippen LogP contribution in [0, 0.1) is 11.7 Å². The molecule has 0 fully saturated rings. The molecule has 0 bridgehead atoms. The van der Waals surface area contributed by atoms with Crippen molar-refractivity contribution in [2.45, 2.75) is 26.3 Å². The summed E-state index contributed by atoms with van der Waals surface area (Å²) in [5.41, 5.74) is 0.0885. The van der Waals surface area contributed by atoms with Crippen LogP contribution >= 0.6 is 0 Å². The molecule has 0 aliphatic heterocycles. The molecule has 1 aromatic heterocycles. The lowest BCUT2D eigenvalue weighted by atomic mass is 10.0. The van der Waals surface area contributed by atoms with E-state index in [4.69, 9.17) is 4.74 Å². The molecule has 6 nitrogen and oxygen atoms in total. The number of halogens is 1. The number of fused-ring (bicyclic) bond motifs is 1. The van der Waals surface area contributed by atoms with Gasteiger partial charge in [0, 0.05) is 5.39 Å².